The van der Waals surface area contributed by atoms with Crippen molar-refractivity contribution < 1.29 is 19.3 Å². The largest absolute Gasteiger partial charge is 0.334 e. The highest BCUT2D eigenvalue weighted by atomic mass is 16.2. The lowest BCUT2D eigenvalue weighted by atomic mass is 9.92. The van der Waals surface area contributed by atoms with E-state index in [-0.39, 0.29) is 6.04 Å². The minimum atomic E-state index is -0.976. The van der Waals surface area contributed by atoms with Gasteiger partial charge in [0, 0.05) is 12.3 Å². The molecule has 0 aromatic rings. The average molecular weight is 337 g/mol. The van der Waals surface area contributed by atoms with Crippen LogP contribution in [0.25, 0.3) is 0 Å². The van der Waals surface area contributed by atoms with Gasteiger partial charge in [-0.2, -0.15) is 0 Å². The topological polar surface area (TPSA) is 83.3 Å². The Morgan fingerprint density at radius 2 is 1.83 bits per heavy atom. The molecule has 134 valence electrons. The number of imide groups is 2. The molecule has 2 fully saturated rings. The fourth-order valence-electron chi connectivity index (χ4n) is 3.43. The van der Waals surface area contributed by atoms with E-state index in [4.69, 9.17) is 0 Å². The zero-order chi connectivity index (χ0) is 17.5. The van der Waals surface area contributed by atoms with Gasteiger partial charge < -0.3 is 4.90 Å². The van der Waals surface area contributed by atoms with Crippen molar-refractivity contribution in [3.8, 4) is 0 Å². The summed E-state index contributed by atoms with van der Waals surface area (Å²) in [5, 5.41) is 2.31. The van der Waals surface area contributed by atoms with Crippen molar-refractivity contribution in [3.63, 3.8) is 0 Å². The molecule has 0 aromatic carbocycles. The molecule has 0 spiro atoms. The molecule has 1 atom stereocenters. The maximum absolute atomic E-state index is 12.6. The Balaban J connectivity index is 1.99. The number of likely N-dealkylation sites (N-methyl/N-ethyl adjacent to an activating group) is 1. The summed E-state index contributed by atoms with van der Waals surface area (Å²) in [4.78, 5) is 43.7. The number of aliphatic imine (C=N–C) groups is 1. The van der Waals surface area contributed by atoms with E-state index in [0.717, 1.165) is 51.7 Å². The number of urea groups is 1. The fraction of sp³-hybridized carbons (Fsp3) is 0.765. The van der Waals surface area contributed by atoms with Crippen molar-refractivity contribution in [2.45, 2.75) is 52.0 Å². The summed E-state index contributed by atoms with van der Waals surface area (Å²) in [5.41, 5.74) is 0. The van der Waals surface area contributed by atoms with Crippen LogP contribution < -0.4 is 10.2 Å². The molecule has 7 nitrogen and oxygen atoms in total. The van der Waals surface area contributed by atoms with Gasteiger partial charge in [-0.3, -0.25) is 24.8 Å². The summed E-state index contributed by atoms with van der Waals surface area (Å²) in [6.45, 7) is 7.74. The van der Waals surface area contributed by atoms with Crippen molar-refractivity contribution in [2.75, 3.05) is 26.2 Å². The van der Waals surface area contributed by atoms with E-state index >= 15 is 0 Å². The number of rotatable bonds is 7. The number of carbonyl (C=O) groups excluding carboxylic acids is 3. The van der Waals surface area contributed by atoms with E-state index in [2.05, 4.69) is 24.2 Å². The second-order valence-electron chi connectivity index (χ2n) is 6.53. The predicted octanol–water partition coefficient (Wildman–Crippen LogP) is 0.00920. The first kappa shape index (κ1) is 18.6. The van der Waals surface area contributed by atoms with Crippen LogP contribution in [0.1, 0.15) is 46.0 Å². The van der Waals surface area contributed by atoms with Gasteiger partial charge in [0.1, 0.15) is 0 Å². The van der Waals surface area contributed by atoms with Gasteiger partial charge in [0.2, 0.25) is 11.8 Å². The lowest BCUT2D eigenvalue weighted by molar-refractivity contribution is -0.894. The molecule has 24 heavy (non-hydrogen) atoms. The summed E-state index contributed by atoms with van der Waals surface area (Å²) in [6, 6.07) is -0.662. The summed E-state index contributed by atoms with van der Waals surface area (Å²) in [5.74, 6) is -1.96. The predicted molar refractivity (Wildman–Crippen MR) is 91.0 cm³/mol. The maximum Gasteiger partial charge on any atom is 0.331 e. The van der Waals surface area contributed by atoms with E-state index in [0.29, 0.717) is 6.54 Å². The van der Waals surface area contributed by atoms with Crippen molar-refractivity contribution >= 4 is 24.1 Å². The van der Waals surface area contributed by atoms with Crippen LogP contribution in [-0.2, 0) is 9.59 Å². The Kier molecular flexibility index (Phi) is 6.90. The standard InChI is InChI=1S/C17H28N4O3/c1-3-20(4-2)11-10-18-12-14-15(22)19-17(24)21(16(14)23)13-8-6-5-7-9-13/h12-14H,3-11H2,1-2H3,(H,19,22,24)/p+1. The van der Waals surface area contributed by atoms with Crippen LogP contribution in [0.2, 0.25) is 0 Å². The van der Waals surface area contributed by atoms with E-state index in [1.54, 1.807) is 0 Å². The maximum atomic E-state index is 12.6. The molecule has 0 radical (unpaired) electrons. The number of barbiturate groups is 1. The van der Waals surface area contributed by atoms with Gasteiger partial charge in [-0.25, -0.2) is 4.79 Å². The van der Waals surface area contributed by atoms with Crippen LogP contribution in [0.4, 0.5) is 4.79 Å². The van der Waals surface area contributed by atoms with Crippen molar-refractivity contribution in [1.82, 2.24) is 10.2 Å². The molecule has 1 unspecified atom stereocenters. The van der Waals surface area contributed by atoms with Gasteiger partial charge in [0.05, 0.1) is 26.2 Å². The first-order valence-electron chi connectivity index (χ1n) is 9.09. The molecule has 1 saturated carbocycles. The van der Waals surface area contributed by atoms with Crippen LogP contribution >= 0.6 is 0 Å². The quantitative estimate of drug-likeness (QED) is 0.507. The third-order valence-corrected chi connectivity index (χ3v) is 5.02. The average Bonchev–Trinajstić information content (AvgIpc) is 2.58. The lowest BCUT2D eigenvalue weighted by Gasteiger charge is -2.36. The third-order valence-electron chi connectivity index (χ3n) is 5.02. The van der Waals surface area contributed by atoms with Crippen LogP contribution in [0, 0.1) is 5.92 Å². The second-order valence-corrected chi connectivity index (χ2v) is 6.53. The van der Waals surface area contributed by atoms with E-state index in [1.165, 1.54) is 16.0 Å². The summed E-state index contributed by atoms with van der Waals surface area (Å²) >= 11 is 0. The zero-order valence-electron chi connectivity index (χ0n) is 14.7. The minimum absolute atomic E-state index is 0.0876. The summed E-state index contributed by atoms with van der Waals surface area (Å²) < 4.78 is 0. The molecule has 0 bridgehead atoms. The van der Waals surface area contributed by atoms with Gasteiger partial charge in [0.25, 0.3) is 0 Å². The molecule has 0 aromatic heterocycles. The lowest BCUT2D eigenvalue weighted by Crippen LogP contribution is -3.11. The van der Waals surface area contributed by atoms with Gasteiger partial charge in [-0.15, -0.1) is 0 Å². The normalized spacial score (nSPS) is 23.4. The van der Waals surface area contributed by atoms with Crippen LogP contribution in [0.15, 0.2) is 4.99 Å². The number of hydrogen-bond acceptors (Lipinski definition) is 4. The molecule has 2 N–H and O–H groups in total. The van der Waals surface area contributed by atoms with Gasteiger partial charge in [0.15, 0.2) is 5.92 Å². The minimum Gasteiger partial charge on any atom is -0.334 e. The highest BCUT2D eigenvalue weighted by molar-refractivity contribution is 6.23. The smallest absolute Gasteiger partial charge is 0.331 e. The van der Waals surface area contributed by atoms with Gasteiger partial charge in [-0.1, -0.05) is 19.3 Å². The molecular weight excluding hydrogens is 308 g/mol. The molecule has 2 rings (SSSR count). The van der Waals surface area contributed by atoms with Crippen molar-refractivity contribution in [3.05, 3.63) is 0 Å². The van der Waals surface area contributed by atoms with E-state index < -0.39 is 23.8 Å². The Morgan fingerprint density at radius 1 is 1.17 bits per heavy atom. The number of quaternary nitrogens is 1. The van der Waals surface area contributed by atoms with Gasteiger partial charge >= 0.3 is 6.03 Å². The molecule has 1 aliphatic carbocycles. The molecule has 1 aliphatic heterocycles. The number of nitrogens with one attached hydrogen (secondary N) is 2. The Morgan fingerprint density at radius 3 is 2.46 bits per heavy atom. The number of amides is 4. The molecular formula is C17H29N4O3+. The molecule has 1 heterocycles. The number of nitrogens with zero attached hydrogens (tertiary/aromatic N) is 2. The first-order chi connectivity index (χ1) is 11.6. The highest BCUT2D eigenvalue weighted by Crippen LogP contribution is 2.25. The third kappa shape index (κ3) is 4.41. The molecule has 1 saturated heterocycles. The SMILES string of the molecule is CC[NH+](CC)CCN=CC1C(=O)NC(=O)N(C2CCCCC2)C1=O. The monoisotopic (exact) mass is 337 g/mol. The number of carbonyl (C=O) groups is 3. The zero-order valence-corrected chi connectivity index (χ0v) is 14.7. The molecule has 2 aliphatic rings. The van der Waals surface area contributed by atoms with Crippen LogP contribution in [0.3, 0.4) is 0 Å². The van der Waals surface area contributed by atoms with Crippen LogP contribution in [-0.4, -0.2) is 61.2 Å². The summed E-state index contributed by atoms with van der Waals surface area (Å²) in [7, 11) is 0. The fourth-order valence-corrected chi connectivity index (χ4v) is 3.43. The summed E-state index contributed by atoms with van der Waals surface area (Å²) in [6.07, 6.45) is 6.23. The van der Waals surface area contributed by atoms with E-state index in [1.807, 2.05) is 0 Å². The number of hydrogen-bond donors (Lipinski definition) is 2. The van der Waals surface area contributed by atoms with Crippen molar-refractivity contribution in [1.29, 1.82) is 0 Å². The van der Waals surface area contributed by atoms with Crippen LogP contribution in [0.5, 0.6) is 0 Å². The Bertz CT molecular complexity index is 496. The molecule has 7 heteroatoms. The molecule has 4 amide bonds. The van der Waals surface area contributed by atoms with E-state index in [9.17, 15) is 14.4 Å². The Hall–Kier alpha value is -1.76. The van der Waals surface area contributed by atoms with Gasteiger partial charge in [-0.05, 0) is 26.7 Å². The highest BCUT2D eigenvalue weighted by Gasteiger charge is 2.42. The van der Waals surface area contributed by atoms with Crippen molar-refractivity contribution in [2.24, 2.45) is 10.9 Å². The first-order valence-corrected chi connectivity index (χ1v) is 9.09. The second kappa shape index (κ2) is 8.92. The Labute approximate surface area is 143 Å².